The second kappa shape index (κ2) is 3.62. The molecule has 0 radical (unpaired) electrons. The maximum absolute atomic E-state index is 2.50. The molecule has 0 aliphatic heterocycles. The SMILES string of the molecule is C[CH](C)[Ga]([CH3])[CH](C)C. The van der Waals surface area contributed by atoms with Gasteiger partial charge < -0.3 is 0 Å². The van der Waals surface area contributed by atoms with E-state index in [-0.39, 0.29) is 0 Å². The van der Waals surface area contributed by atoms with E-state index in [2.05, 4.69) is 33.2 Å². The fraction of sp³-hybridized carbons (Fsp3) is 1.00. The summed E-state index contributed by atoms with van der Waals surface area (Å²) in [6.07, 6.45) is 0. The molecule has 0 aromatic carbocycles. The van der Waals surface area contributed by atoms with Crippen molar-refractivity contribution in [2.45, 2.75) is 42.1 Å². The average molecular weight is 171 g/mol. The molecule has 48 valence electrons. The molecule has 0 aromatic rings. The Morgan fingerprint density at radius 1 is 0.875 bits per heavy atom. The van der Waals surface area contributed by atoms with Gasteiger partial charge in [0.1, 0.15) is 0 Å². The van der Waals surface area contributed by atoms with E-state index in [9.17, 15) is 0 Å². The summed E-state index contributed by atoms with van der Waals surface area (Å²) in [5, 5.41) is 0. The summed E-state index contributed by atoms with van der Waals surface area (Å²) in [4.78, 5) is 0. The fourth-order valence-corrected chi connectivity index (χ4v) is 4.00. The van der Waals surface area contributed by atoms with Gasteiger partial charge in [-0.05, 0) is 0 Å². The standard InChI is InChI=1S/2C3H7.CH3.Ga/c2*1-3-2;;/h2*3H,1-2H3;1H3;. The molecule has 0 saturated carbocycles. The Balaban J connectivity index is 3.46. The Labute approximate surface area is 58.7 Å². The van der Waals surface area contributed by atoms with Crippen molar-refractivity contribution in [1.29, 1.82) is 0 Å². The second-order valence-electron chi connectivity index (χ2n) is 3.35. The monoisotopic (exact) mass is 170 g/mol. The molecule has 0 fully saturated rings. The van der Waals surface area contributed by atoms with Crippen molar-refractivity contribution < 1.29 is 0 Å². The Morgan fingerprint density at radius 3 is 1.12 bits per heavy atom. The first-order chi connectivity index (χ1) is 3.55. The van der Waals surface area contributed by atoms with Crippen LogP contribution in [0, 0.1) is 0 Å². The Hall–Kier alpha value is 0.636. The Bertz CT molecular complexity index is 49.4. The third-order valence-corrected chi connectivity index (χ3v) is 10.9. The molecule has 8 heavy (non-hydrogen) atoms. The summed E-state index contributed by atoms with van der Waals surface area (Å²) < 4.78 is 2.06. The van der Waals surface area contributed by atoms with Crippen molar-refractivity contribution >= 4 is 16.2 Å². The summed E-state index contributed by atoms with van der Waals surface area (Å²) in [6.45, 7) is 9.46. The van der Waals surface area contributed by atoms with Crippen molar-refractivity contribution in [3.05, 3.63) is 0 Å². The van der Waals surface area contributed by atoms with E-state index in [1.807, 2.05) is 0 Å². The van der Waals surface area contributed by atoms with Crippen LogP contribution in [-0.2, 0) is 0 Å². The third-order valence-electron chi connectivity index (χ3n) is 2.10. The molecule has 0 atom stereocenters. The molecule has 0 aliphatic rings. The molecule has 0 amide bonds. The van der Waals surface area contributed by atoms with Crippen LogP contribution >= 0.6 is 0 Å². The van der Waals surface area contributed by atoms with Gasteiger partial charge in [-0.2, -0.15) is 0 Å². The van der Waals surface area contributed by atoms with E-state index < -0.39 is 16.2 Å². The van der Waals surface area contributed by atoms with Gasteiger partial charge in [-0.3, -0.25) is 0 Å². The van der Waals surface area contributed by atoms with Gasteiger partial charge in [-0.25, -0.2) is 0 Å². The van der Waals surface area contributed by atoms with Gasteiger partial charge in [0.15, 0.2) is 0 Å². The predicted octanol–water partition coefficient (Wildman–Crippen LogP) is 2.93. The minimum atomic E-state index is -0.775. The molecular weight excluding hydrogens is 154 g/mol. The van der Waals surface area contributed by atoms with Gasteiger partial charge in [-0.1, -0.05) is 0 Å². The molecule has 0 heterocycles. The third kappa shape index (κ3) is 2.83. The van der Waals surface area contributed by atoms with Gasteiger partial charge >= 0.3 is 58.3 Å². The second-order valence-corrected chi connectivity index (χ2v) is 12.5. The van der Waals surface area contributed by atoms with E-state index in [0.29, 0.717) is 0 Å². The average Bonchev–Trinajstić information content (AvgIpc) is 1.64. The number of hydrogen-bond donors (Lipinski definition) is 0. The van der Waals surface area contributed by atoms with Crippen molar-refractivity contribution in [3.8, 4) is 0 Å². The molecule has 0 rings (SSSR count). The molecule has 0 spiro atoms. The summed E-state index contributed by atoms with van der Waals surface area (Å²) in [5.74, 6) is 0. The number of rotatable bonds is 2. The quantitative estimate of drug-likeness (QED) is 0.560. The Morgan fingerprint density at radius 2 is 1.12 bits per heavy atom. The zero-order valence-electron chi connectivity index (χ0n) is 6.73. The molecule has 1 heteroatoms. The summed E-state index contributed by atoms with van der Waals surface area (Å²) in [5.41, 5.74) is 2.50. The number of hydrogen-bond acceptors (Lipinski definition) is 0. The Kier molecular flexibility index (Phi) is 3.91. The molecule has 0 saturated heterocycles. The van der Waals surface area contributed by atoms with Crippen molar-refractivity contribution in [3.63, 3.8) is 0 Å². The first-order valence-corrected chi connectivity index (χ1v) is 8.77. The summed E-state index contributed by atoms with van der Waals surface area (Å²) >= 11 is -0.775. The molecule has 0 bridgehead atoms. The van der Waals surface area contributed by atoms with E-state index in [4.69, 9.17) is 0 Å². The predicted molar refractivity (Wildman–Crippen MR) is 41.8 cm³/mol. The van der Waals surface area contributed by atoms with Gasteiger partial charge in [0, 0.05) is 0 Å². The van der Waals surface area contributed by atoms with Crippen LogP contribution in [0.4, 0.5) is 0 Å². The van der Waals surface area contributed by atoms with Crippen LogP contribution < -0.4 is 0 Å². The zero-order valence-corrected chi connectivity index (χ0v) is 9.15. The van der Waals surface area contributed by atoms with Crippen LogP contribution in [0.25, 0.3) is 0 Å². The van der Waals surface area contributed by atoms with Crippen LogP contribution in [0.5, 0.6) is 0 Å². The topological polar surface area (TPSA) is 0 Å². The molecule has 0 unspecified atom stereocenters. The summed E-state index contributed by atoms with van der Waals surface area (Å²) in [7, 11) is 0. The van der Waals surface area contributed by atoms with Crippen LogP contribution in [0.2, 0.25) is 14.4 Å². The van der Waals surface area contributed by atoms with E-state index >= 15 is 0 Å². The molecular formula is C7H17Ga. The van der Waals surface area contributed by atoms with Gasteiger partial charge in [0.05, 0.1) is 0 Å². The molecule has 0 aliphatic carbocycles. The first-order valence-electron chi connectivity index (χ1n) is 3.55. The van der Waals surface area contributed by atoms with Crippen LogP contribution in [0.1, 0.15) is 27.7 Å². The van der Waals surface area contributed by atoms with E-state index in [1.165, 1.54) is 0 Å². The zero-order chi connectivity index (χ0) is 6.73. The molecule has 0 nitrogen and oxygen atoms in total. The van der Waals surface area contributed by atoms with Crippen LogP contribution in [-0.4, -0.2) is 16.2 Å². The van der Waals surface area contributed by atoms with Gasteiger partial charge in [0.25, 0.3) is 0 Å². The maximum atomic E-state index is 2.50. The van der Waals surface area contributed by atoms with E-state index in [1.54, 1.807) is 0 Å². The minimum absolute atomic E-state index is 0.775. The van der Waals surface area contributed by atoms with Crippen LogP contribution in [0.15, 0.2) is 0 Å². The molecule has 0 aromatic heterocycles. The van der Waals surface area contributed by atoms with Gasteiger partial charge in [0.2, 0.25) is 0 Å². The van der Waals surface area contributed by atoms with E-state index in [0.717, 1.165) is 8.94 Å². The molecule has 0 N–H and O–H groups in total. The van der Waals surface area contributed by atoms with Crippen LogP contribution in [0.3, 0.4) is 0 Å². The van der Waals surface area contributed by atoms with Gasteiger partial charge in [-0.15, -0.1) is 0 Å². The first kappa shape index (κ1) is 8.64. The summed E-state index contributed by atoms with van der Waals surface area (Å²) in [6, 6.07) is 0. The normalized spacial score (nSPS) is 10.9. The van der Waals surface area contributed by atoms with Crippen molar-refractivity contribution in [2.24, 2.45) is 0 Å². The van der Waals surface area contributed by atoms with Crippen molar-refractivity contribution in [1.82, 2.24) is 0 Å². The fourth-order valence-electron chi connectivity index (χ4n) is 0.770. The van der Waals surface area contributed by atoms with Crippen molar-refractivity contribution in [2.75, 3.05) is 0 Å².